The van der Waals surface area contributed by atoms with Gasteiger partial charge in [-0.1, -0.05) is 0 Å². The summed E-state index contributed by atoms with van der Waals surface area (Å²) in [6.45, 7) is 5.86. The molecule has 0 amide bonds. The first-order valence-corrected chi connectivity index (χ1v) is 3.92. The van der Waals surface area contributed by atoms with E-state index in [1.54, 1.807) is 12.1 Å². The molecule has 0 spiro atoms. The molecule has 0 atom stereocenters. The number of hydrogen-bond donors (Lipinski definition) is 0. The topological polar surface area (TPSA) is 9.23 Å². The van der Waals surface area contributed by atoms with E-state index in [0.717, 1.165) is 0 Å². The highest BCUT2D eigenvalue weighted by Crippen LogP contribution is 2.17. The van der Waals surface area contributed by atoms with Gasteiger partial charge in [0, 0.05) is 0 Å². The summed E-state index contributed by atoms with van der Waals surface area (Å²) >= 11 is 0. The molecule has 0 saturated heterocycles. The molecule has 1 nitrogen and oxygen atoms in total. The molecule has 1 aromatic carbocycles. The lowest BCUT2D eigenvalue weighted by molar-refractivity contribution is 0.131. The lowest BCUT2D eigenvalue weighted by Crippen LogP contribution is -2.22. The highest BCUT2D eigenvalue weighted by molar-refractivity contribution is 5.22. The Bertz CT molecular complexity index is 246. The van der Waals surface area contributed by atoms with Gasteiger partial charge in [-0.15, -0.1) is 0 Å². The van der Waals surface area contributed by atoms with Crippen molar-refractivity contribution in [3.05, 3.63) is 30.1 Å². The smallest absolute Gasteiger partial charge is 0.123 e. The van der Waals surface area contributed by atoms with Crippen molar-refractivity contribution in [1.29, 1.82) is 0 Å². The summed E-state index contributed by atoms with van der Waals surface area (Å²) in [5.74, 6) is 0.458. The lowest BCUT2D eigenvalue weighted by atomic mass is 10.2. The van der Waals surface area contributed by atoms with Crippen molar-refractivity contribution in [3.8, 4) is 5.75 Å². The number of benzene rings is 1. The normalized spacial score (nSPS) is 11.3. The molecule has 0 aliphatic rings. The summed E-state index contributed by atoms with van der Waals surface area (Å²) in [7, 11) is 0. The van der Waals surface area contributed by atoms with Gasteiger partial charge in [0.1, 0.15) is 17.2 Å². The van der Waals surface area contributed by atoms with Gasteiger partial charge in [0.05, 0.1) is 0 Å². The molecule has 66 valence electrons. The fraction of sp³-hybridized carbons (Fsp3) is 0.400. The third-order valence-electron chi connectivity index (χ3n) is 1.24. The number of ether oxygens (including phenoxy) is 1. The maximum Gasteiger partial charge on any atom is 0.123 e. The van der Waals surface area contributed by atoms with Crippen molar-refractivity contribution in [2.24, 2.45) is 0 Å². The Morgan fingerprint density at radius 3 is 2.00 bits per heavy atom. The van der Waals surface area contributed by atoms with Gasteiger partial charge in [-0.05, 0) is 45.0 Å². The molecule has 0 unspecified atom stereocenters. The van der Waals surface area contributed by atoms with Crippen molar-refractivity contribution in [1.82, 2.24) is 0 Å². The highest BCUT2D eigenvalue weighted by atomic mass is 19.1. The minimum Gasteiger partial charge on any atom is -0.488 e. The van der Waals surface area contributed by atoms with Crippen LogP contribution in [0.1, 0.15) is 20.8 Å². The van der Waals surface area contributed by atoms with Gasteiger partial charge in [-0.25, -0.2) is 4.39 Å². The van der Waals surface area contributed by atoms with Crippen LogP contribution in [-0.2, 0) is 0 Å². The Kier molecular flexibility index (Phi) is 2.36. The molecule has 0 bridgehead atoms. The second kappa shape index (κ2) is 3.13. The predicted molar refractivity (Wildman–Crippen MR) is 46.8 cm³/mol. The zero-order valence-electron chi connectivity index (χ0n) is 7.60. The van der Waals surface area contributed by atoms with Crippen molar-refractivity contribution in [2.45, 2.75) is 26.4 Å². The quantitative estimate of drug-likeness (QED) is 0.626. The van der Waals surface area contributed by atoms with Gasteiger partial charge in [0.2, 0.25) is 0 Å². The first kappa shape index (κ1) is 9.04. The molecular formula is C10H13FO. The van der Waals surface area contributed by atoms with Crippen LogP contribution < -0.4 is 4.74 Å². The Labute approximate surface area is 72.2 Å². The van der Waals surface area contributed by atoms with Crippen LogP contribution in [0.4, 0.5) is 4.39 Å². The van der Waals surface area contributed by atoms with Crippen LogP contribution in [0.25, 0.3) is 0 Å². The Morgan fingerprint density at radius 1 is 1.08 bits per heavy atom. The summed E-state index contributed by atoms with van der Waals surface area (Å²) < 4.78 is 18.0. The maximum absolute atomic E-state index is 12.5. The number of rotatable bonds is 1. The predicted octanol–water partition coefficient (Wildman–Crippen LogP) is 3.00. The summed E-state index contributed by atoms with van der Waals surface area (Å²) in [5, 5.41) is 0. The van der Waals surface area contributed by atoms with Crippen LogP contribution in [0, 0.1) is 5.82 Å². The molecule has 0 heterocycles. The molecule has 0 aromatic heterocycles. The molecule has 0 fully saturated rings. The van der Waals surface area contributed by atoms with Crippen molar-refractivity contribution in [3.63, 3.8) is 0 Å². The van der Waals surface area contributed by atoms with Crippen LogP contribution in [0.15, 0.2) is 24.3 Å². The van der Waals surface area contributed by atoms with E-state index in [1.165, 1.54) is 12.1 Å². The molecule has 1 aromatic rings. The summed E-state index contributed by atoms with van der Waals surface area (Å²) in [6.07, 6.45) is 0. The molecule has 0 aliphatic carbocycles. The van der Waals surface area contributed by atoms with E-state index >= 15 is 0 Å². The van der Waals surface area contributed by atoms with Gasteiger partial charge in [-0.3, -0.25) is 0 Å². The van der Waals surface area contributed by atoms with Crippen molar-refractivity contribution in [2.75, 3.05) is 0 Å². The number of halogens is 1. The summed E-state index contributed by atoms with van der Waals surface area (Å²) in [4.78, 5) is 0. The summed E-state index contributed by atoms with van der Waals surface area (Å²) in [5.41, 5.74) is -0.224. The van der Waals surface area contributed by atoms with Crippen LogP contribution in [-0.4, -0.2) is 5.60 Å². The molecule has 0 N–H and O–H groups in total. The summed E-state index contributed by atoms with van der Waals surface area (Å²) in [6, 6.07) is 6.03. The fourth-order valence-corrected chi connectivity index (χ4v) is 0.856. The second-order valence-corrected chi connectivity index (χ2v) is 3.67. The molecule has 1 rings (SSSR count). The zero-order chi connectivity index (χ0) is 9.19. The molecule has 0 aliphatic heterocycles. The molecule has 12 heavy (non-hydrogen) atoms. The van der Waals surface area contributed by atoms with E-state index in [2.05, 4.69) is 0 Å². The molecule has 0 saturated carbocycles. The van der Waals surface area contributed by atoms with Gasteiger partial charge in [0.25, 0.3) is 0 Å². The second-order valence-electron chi connectivity index (χ2n) is 3.67. The van der Waals surface area contributed by atoms with Gasteiger partial charge in [-0.2, -0.15) is 0 Å². The minimum absolute atomic E-state index is 0.224. The first-order valence-electron chi connectivity index (χ1n) is 3.92. The Hall–Kier alpha value is -1.05. The van der Waals surface area contributed by atoms with Crippen LogP contribution >= 0.6 is 0 Å². The SMILES string of the molecule is CC(C)(C)Oc1ccc(F)cc1. The van der Waals surface area contributed by atoms with Crippen molar-refractivity contribution < 1.29 is 9.13 Å². The van der Waals surface area contributed by atoms with Gasteiger partial charge in [0.15, 0.2) is 0 Å². The minimum atomic E-state index is -0.240. The van der Waals surface area contributed by atoms with Gasteiger partial charge >= 0.3 is 0 Å². The van der Waals surface area contributed by atoms with E-state index < -0.39 is 0 Å². The number of hydrogen-bond acceptors (Lipinski definition) is 1. The monoisotopic (exact) mass is 168 g/mol. The third-order valence-corrected chi connectivity index (χ3v) is 1.24. The van der Waals surface area contributed by atoms with E-state index in [-0.39, 0.29) is 11.4 Å². The van der Waals surface area contributed by atoms with Crippen LogP contribution in [0.2, 0.25) is 0 Å². The zero-order valence-corrected chi connectivity index (χ0v) is 7.60. The maximum atomic E-state index is 12.5. The average Bonchev–Trinajstić information content (AvgIpc) is 1.91. The Morgan fingerprint density at radius 2 is 1.58 bits per heavy atom. The van der Waals surface area contributed by atoms with Crippen LogP contribution in [0.5, 0.6) is 5.75 Å². The Balaban J connectivity index is 2.71. The first-order chi connectivity index (χ1) is 5.47. The van der Waals surface area contributed by atoms with Crippen molar-refractivity contribution >= 4 is 0 Å². The van der Waals surface area contributed by atoms with Crippen LogP contribution in [0.3, 0.4) is 0 Å². The largest absolute Gasteiger partial charge is 0.488 e. The standard InChI is InChI=1S/C10H13FO/c1-10(2,3)12-9-6-4-8(11)5-7-9/h4-7H,1-3H3. The van der Waals surface area contributed by atoms with E-state index in [1.807, 2.05) is 20.8 Å². The molecule has 2 heteroatoms. The van der Waals surface area contributed by atoms with E-state index in [9.17, 15) is 4.39 Å². The average molecular weight is 168 g/mol. The highest BCUT2D eigenvalue weighted by Gasteiger charge is 2.10. The molecular weight excluding hydrogens is 155 g/mol. The van der Waals surface area contributed by atoms with E-state index in [4.69, 9.17) is 4.74 Å². The van der Waals surface area contributed by atoms with E-state index in [0.29, 0.717) is 5.75 Å². The van der Waals surface area contributed by atoms with Gasteiger partial charge < -0.3 is 4.74 Å². The fourth-order valence-electron chi connectivity index (χ4n) is 0.856. The lowest BCUT2D eigenvalue weighted by Gasteiger charge is -2.20. The third kappa shape index (κ3) is 2.91. The molecule has 0 radical (unpaired) electrons.